The minimum Gasteiger partial charge on any atom is -0.257 e. The van der Waals surface area contributed by atoms with Gasteiger partial charge in [-0.15, -0.1) is 0 Å². The van der Waals surface area contributed by atoms with Crippen LogP contribution in [0.4, 0.5) is 0 Å². The smallest absolute Gasteiger partial charge is 0.129 e. The molecule has 0 bridgehead atoms. The Kier molecular flexibility index (Phi) is 10.9. The van der Waals surface area contributed by atoms with Gasteiger partial charge < -0.3 is 0 Å². The number of hydrogen-bond acceptors (Lipinski definition) is 3. The number of nitrogens with zero attached hydrogens (tertiary/aromatic N) is 3. The van der Waals surface area contributed by atoms with Crippen LogP contribution in [0, 0.1) is 5.92 Å². The third-order valence-electron chi connectivity index (χ3n) is 5.82. The van der Waals surface area contributed by atoms with Crippen LogP contribution < -0.4 is 0 Å². The Morgan fingerprint density at radius 3 is 2.44 bits per heavy atom. The van der Waals surface area contributed by atoms with Crippen LogP contribution in [0.1, 0.15) is 74.1 Å². The van der Waals surface area contributed by atoms with Gasteiger partial charge in [-0.05, 0) is 70.6 Å². The summed E-state index contributed by atoms with van der Waals surface area (Å²) in [6.45, 7) is 17.3. The molecule has 2 aromatic rings. The Hall–Kier alpha value is -3.07. The molecule has 34 heavy (non-hydrogen) atoms. The van der Waals surface area contributed by atoms with Gasteiger partial charge in [-0.2, -0.15) is 0 Å². The molecule has 1 aromatic heterocycles. The molecule has 0 unspecified atom stereocenters. The standard InChI is InChI=1S/C31H41N3/c1-9-14-25(8)27(17-13-15-24(7)10-2)31(23(5)6)34-28(22(3)4)19-20-30-32-21-26-16-11-12-18-29(26)33-30/h9,11-18,21,23H,10,19-20H2,1-8H3/b14-9-,17-13-,24-15-,27-25-,34-31?. The lowest BCUT2D eigenvalue weighted by molar-refractivity contribution is 0.827. The van der Waals surface area contributed by atoms with Crippen molar-refractivity contribution in [1.82, 2.24) is 9.97 Å². The summed E-state index contributed by atoms with van der Waals surface area (Å²) in [6, 6.07) is 8.12. The lowest BCUT2D eigenvalue weighted by Crippen LogP contribution is -2.12. The number of benzene rings is 1. The first-order chi connectivity index (χ1) is 16.3. The molecule has 1 aromatic carbocycles. The number of hydrogen-bond donors (Lipinski definition) is 0. The molecule has 0 atom stereocenters. The second-order valence-electron chi connectivity index (χ2n) is 9.27. The molecule has 0 aliphatic carbocycles. The van der Waals surface area contributed by atoms with Crippen LogP contribution in [-0.4, -0.2) is 15.7 Å². The maximum atomic E-state index is 5.25. The quantitative estimate of drug-likeness (QED) is 0.265. The molecule has 0 amide bonds. The Morgan fingerprint density at radius 2 is 1.79 bits per heavy atom. The van der Waals surface area contributed by atoms with Gasteiger partial charge in [0.2, 0.25) is 0 Å². The minimum absolute atomic E-state index is 0.294. The molecule has 0 N–H and O–H groups in total. The average Bonchev–Trinajstić information content (AvgIpc) is 2.81. The number of fused-ring (bicyclic) bond motifs is 1. The number of allylic oxidation sites excluding steroid dienone is 10. The molecular weight excluding hydrogens is 414 g/mol. The fourth-order valence-corrected chi connectivity index (χ4v) is 3.61. The second kappa shape index (κ2) is 13.6. The number of aryl methyl sites for hydroxylation is 1. The zero-order chi connectivity index (χ0) is 25.1. The van der Waals surface area contributed by atoms with E-state index in [9.17, 15) is 0 Å². The van der Waals surface area contributed by atoms with Gasteiger partial charge in [-0.3, -0.25) is 4.99 Å². The zero-order valence-corrected chi connectivity index (χ0v) is 22.3. The predicted octanol–water partition coefficient (Wildman–Crippen LogP) is 8.76. The van der Waals surface area contributed by atoms with E-state index >= 15 is 0 Å². The van der Waals surface area contributed by atoms with E-state index < -0.39 is 0 Å². The highest BCUT2D eigenvalue weighted by molar-refractivity contribution is 6.05. The third kappa shape index (κ3) is 8.06. The van der Waals surface area contributed by atoms with Crippen LogP contribution in [0.25, 0.3) is 10.9 Å². The molecule has 0 aliphatic rings. The molecule has 0 spiro atoms. The SMILES string of the molecule is C\C=C/C(C)=C(/C=C\C=C(\C)CC)C(=NC(CCc1ncc2ccccc2n1)=C(C)C)C(C)C. The fourth-order valence-electron chi connectivity index (χ4n) is 3.61. The van der Waals surface area contributed by atoms with Gasteiger partial charge in [0.15, 0.2) is 0 Å². The van der Waals surface area contributed by atoms with Gasteiger partial charge >= 0.3 is 0 Å². The molecule has 0 fully saturated rings. The lowest BCUT2D eigenvalue weighted by atomic mass is 9.94. The third-order valence-corrected chi connectivity index (χ3v) is 5.82. The molecule has 0 saturated heterocycles. The van der Waals surface area contributed by atoms with Crippen LogP contribution >= 0.6 is 0 Å². The number of aliphatic imine (C=N–C) groups is 1. The molecule has 1 heterocycles. The van der Waals surface area contributed by atoms with Crippen molar-refractivity contribution in [2.75, 3.05) is 0 Å². The van der Waals surface area contributed by atoms with Gasteiger partial charge in [-0.25, -0.2) is 9.97 Å². The van der Waals surface area contributed by atoms with Crippen molar-refractivity contribution in [3.63, 3.8) is 0 Å². The van der Waals surface area contributed by atoms with Gasteiger partial charge in [0.05, 0.1) is 11.2 Å². The van der Waals surface area contributed by atoms with Crippen molar-refractivity contribution in [2.45, 2.75) is 74.7 Å². The molecule has 2 rings (SSSR count). The van der Waals surface area contributed by atoms with Crippen molar-refractivity contribution in [1.29, 1.82) is 0 Å². The zero-order valence-electron chi connectivity index (χ0n) is 22.3. The van der Waals surface area contributed by atoms with E-state index in [0.717, 1.165) is 47.4 Å². The normalized spacial score (nSPS) is 13.9. The summed E-state index contributed by atoms with van der Waals surface area (Å²) in [4.78, 5) is 14.6. The summed E-state index contributed by atoms with van der Waals surface area (Å²) in [5.74, 6) is 1.15. The Bertz CT molecular complexity index is 1150. The summed E-state index contributed by atoms with van der Waals surface area (Å²) in [7, 11) is 0. The lowest BCUT2D eigenvalue weighted by Gasteiger charge is -2.16. The fraction of sp³-hybridized carbons (Fsp3) is 0.387. The summed E-state index contributed by atoms with van der Waals surface area (Å²) < 4.78 is 0. The van der Waals surface area contributed by atoms with Crippen molar-refractivity contribution in [3.05, 3.63) is 94.7 Å². The topological polar surface area (TPSA) is 38.1 Å². The monoisotopic (exact) mass is 455 g/mol. The molecular formula is C31H41N3. The maximum absolute atomic E-state index is 5.25. The van der Waals surface area contributed by atoms with E-state index in [4.69, 9.17) is 9.98 Å². The summed E-state index contributed by atoms with van der Waals surface area (Å²) >= 11 is 0. The van der Waals surface area contributed by atoms with E-state index in [2.05, 4.69) is 90.8 Å². The highest BCUT2D eigenvalue weighted by Crippen LogP contribution is 2.22. The Balaban J connectivity index is 2.42. The first-order valence-corrected chi connectivity index (χ1v) is 12.4. The first-order valence-electron chi connectivity index (χ1n) is 12.4. The maximum Gasteiger partial charge on any atom is 0.129 e. The van der Waals surface area contributed by atoms with Gasteiger partial charge in [0.25, 0.3) is 0 Å². The highest BCUT2D eigenvalue weighted by Gasteiger charge is 2.14. The van der Waals surface area contributed by atoms with E-state index in [-0.39, 0.29) is 0 Å². The minimum atomic E-state index is 0.294. The van der Waals surface area contributed by atoms with Crippen molar-refractivity contribution in [2.24, 2.45) is 10.9 Å². The largest absolute Gasteiger partial charge is 0.257 e. The average molecular weight is 456 g/mol. The Labute approximate surface area is 206 Å². The second-order valence-corrected chi connectivity index (χ2v) is 9.27. The van der Waals surface area contributed by atoms with Gasteiger partial charge in [0, 0.05) is 23.7 Å². The van der Waals surface area contributed by atoms with Crippen LogP contribution in [-0.2, 0) is 6.42 Å². The summed E-state index contributed by atoms with van der Waals surface area (Å²) in [5.41, 5.74) is 8.22. The summed E-state index contributed by atoms with van der Waals surface area (Å²) in [5, 5.41) is 1.07. The predicted molar refractivity (Wildman–Crippen MR) is 149 cm³/mol. The molecule has 0 radical (unpaired) electrons. The molecule has 0 aliphatic heterocycles. The molecule has 0 saturated carbocycles. The van der Waals surface area contributed by atoms with Crippen LogP contribution in [0.2, 0.25) is 0 Å². The van der Waals surface area contributed by atoms with E-state index in [0.29, 0.717) is 5.92 Å². The van der Waals surface area contributed by atoms with Crippen molar-refractivity contribution >= 4 is 16.6 Å². The highest BCUT2D eigenvalue weighted by atomic mass is 14.9. The molecule has 3 nitrogen and oxygen atoms in total. The van der Waals surface area contributed by atoms with Crippen LogP contribution in [0.3, 0.4) is 0 Å². The first kappa shape index (κ1) is 27.2. The number of aromatic nitrogens is 2. The van der Waals surface area contributed by atoms with E-state index in [1.54, 1.807) is 0 Å². The van der Waals surface area contributed by atoms with Crippen molar-refractivity contribution < 1.29 is 0 Å². The van der Waals surface area contributed by atoms with Crippen LogP contribution in [0.15, 0.2) is 93.8 Å². The van der Waals surface area contributed by atoms with Gasteiger partial charge in [0.1, 0.15) is 5.82 Å². The molecule has 180 valence electrons. The van der Waals surface area contributed by atoms with E-state index in [1.807, 2.05) is 30.5 Å². The van der Waals surface area contributed by atoms with Crippen LogP contribution in [0.5, 0.6) is 0 Å². The summed E-state index contributed by atoms with van der Waals surface area (Å²) in [6.07, 6.45) is 15.4. The number of para-hydroxylation sites is 1. The van der Waals surface area contributed by atoms with E-state index in [1.165, 1.54) is 22.3 Å². The molecule has 3 heteroatoms. The Morgan fingerprint density at radius 1 is 1.06 bits per heavy atom. The number of rotatable bonds is 10. The van der Waals surface area contributed by atoms with Gasteiger partial charge in [-0.1, -0.05) is 80.5 Å². The van der Waals surface area contributed by atoms with Crippen molar-refractivity contribution in [3.8, 4) is 0 Å².